The van der Waals surface area contributed by atoms with E-state index in [0.29, 0.717) is 17.7 Å². The fourth-order valence-corrected chi connectivity index (χ4v) is 4.06. The Balaban J connectivity index is 1.72. The van der Waals surface area contributed by atoms with Crippen molar-refractivity contribution < 1.29 is 5.11 Å². The number of imidazole rings is 1. The molecular formula is C25H37N5O3. The predicted octanol–water partition coefficient (Wildman–Crippen LogP) is 2.17. The monoisotopic (exact) mass is 455 g/mol. The van der Waals surface area contributed by atoms with Gasteiger partial charge in [-0.2, -0.15) is 0 Å². The Hall–Kier alpha value is -2.71. The second kappa shape index (κ2) is 10.5. The van der Waals surface area contributed by atoms with Crippen molar-refractivity contribution in [1.29, 1.82) is 0 Å². The predicted molar refractivity (Wildman–Crippen MR) is 131 cm³/mol. The quantitative estimate of drug-likeness (QED) is 0.479. The third-order valence-electron chi connectivity index (χ3n) is 6.75. The number of hydrogen-bond donors (Lipinski definition) is 1. The van der Waals surface area contributed by atoms with Crippen LogP contribution < -0.4 is 11.2 Å². The SMILES string of the molecule is CC(CCCN(CCc1ccccc1)CCn1cnc2c1c(=O)n(C)c(=O)n2C)C(C)(C)O. The first-order valence-corrected chi connectivity index (χ1v) is 11.7. The second-order valence-corrected chi connectivity index (χ2v) is 9.59. The highest BCUT2D eigenvalue weighted by molar-refractivity contribution is 5.69. The van der Waals surface area contributed by atoms with Crippen LogP contribution in [0.4, 0.5) is 0 Å². The van der Waals surface area contributed by atoms with E-state index in [-0.39, 0.29) is 17.2 Å². The molecule has 0 fully saturated rings. The van der Waals surface area contributed by atoms with Crippen molar-refractivity contribution >= 4 is 11.2 Å². The molecule has 0 saturated heterocycles. The normalized spacial score (nSPS) is 13.2. The first kappa shape index (κ1) is 24.9. The molecule has 0 bridgehead atoms. The minimum atomic E-state index is -0.680. The van der Waals surface area contributed by atoms with E-state index in [1.807, 2.05) is 24.5 Å². The van der Waals surface area contributed by atoms with Crippen LogP contribution in [0.25, 0.3) is 11.2 Å². The average Bonchev–Trinajstić information content (AvgIpc) is 3.21. The summed E-state index contributed by atoms with van der Waals surface area (Å²) < 4.78 is 4.40. The Labute approximate surface area is 195 Å². The maximum absolute atomic E-state index is 12.7. The molecule has 0 aliphatic heterocycles. The molecule has 3 aromatic rings. The first-order chi connectivity index (χ1) is 15.6. The number of benzene rings is 1. The molecule has 0 aliphatic rings. The molecule has 0 amide bonds. The van der Waals surface area contributed by atoms with Crippen molar-refractivity contribution in [3.63, 3.8) is 0 Å². The summed E-state index contributed by atoms with van der Waals surface area (Å²) in [6.45, 7) is 9.01. The Morgan fingerprint density at radius 3 is 2.42 bits per heavy atom. The van der Waals surface area contributed by atoms with Crippen LogP contribution >= 0.6 is 0 Å². The van der Waals surface area contributed by atoms with E-state index < -0.39 is 5.60 Å². The van der Waals surface area contributed by atoms with Gasteiger partial charge in [-0.25, -0.2) is 9.78 Å². The standard InChI is InChI=1S/C25H37N5O3/c1-19(25(2,3)33)10-9-14-29(15-13-20-11-7-6-8-12-20)16-17-30-18-26-22-21(30)23(31)28(5)24(32)27(22)4/h6-8,11-12,18-19,33H,9-10,13-17H2,1-5H3. The van der Waals surface area contributed by atoms with Crippen molar-refractivity contribution in [1.82, 2.24) is 23.6 Å². The van der Waals surface area contributed by atoms with E-state index in [0.717, 1.165) is 43.5 Å². The van der Waals surface area contributed by atoms with Crippen LogP contribution in [-0.2, 0) is 27.1 Å². The van der Waals surface area contributed by atoms with Crippen LogP contribution in [-0.4, -0.2) is 53.9 Å². The number of aromatic nitrogens is 4. The molecule has 8 nitrogen and oxygen atoms in total. The van der Waals surface area contributed by atoms with Crippen molar-refractivity contribution in [2.24, 2.45) is 20.0 Å². The summed E-state index contributed by atoms with van der Waals surface area (Å²) in [7, 11) is 3.13. The number of nitrogens with zero attached hydrogens (tertiary/aromatic N) is 5. The lowest BCUT2D eigenvalue weighted by atomic mass is 9.89. The average molecular weight is 456 g/mol. The molecule has 33 heavy (non-hydrogen) atoms. The van der Waals surface area contributed by atoms with E-state index >= 15 is 0 Å². The summed E-state index contributed by atoms with van der Waals surface area (Å²) in [4.78, 5) is 31.7. The van der Waals surface area contributed by atoms with Crippen LogP contribution in [0.5, 0.6) is 0 Å². The van der Waals surface area contributed by atoms with Crippen LogP contribution in [0.3, 0.4) is 0 Å². The molecule has 0 aliphatic carbocycles. The van der Waals surface area contributed by atoms with E-state index in [2.05, 4.69) is 41.1 Å². The molecule has 180 valence electrons. The van der Waals surface area contributed by atoms with Crippen molar-refractivity contribution in [2.45, 2.75) is 52.2 Å². The minimum Gasteiger partial charge on any atom is -0.390 e. The van der Waals surface area contributed by atoms with Gasteiger partial charge in [0, 0.05) is 33.7 Å². The van der Waals surface area contributed by atoms with Gasteiger partial charge in [0.05, 0.1) is 11.9 Å². The lowest BCUT2D eigenvalue weighted by Crippen LogP contribution is -2.38. The molecule has 0 radical (unpaired) electrons. The molecule has 8 heteroatoms. The number of fused-ring (bicyclic) bond motifs is 1. The molecule has 0 saturated carbocycles. The lowest BCUT2D eigenvalue weighted by Gasteiger charge is -2.28. The van der Waals surface area contributed by atoms with E-state index in [1.165, 1.54) is 17.2 Å². The molecule has 3 rings (SSSR count). The summed E-state index contributed by atoms with van der Waals surface area (Å²) in [5, 5.41) is 10.2. The van der Waals surface area contributed by atoms with Gasteiger partial charge in [0.25, 0.3) is 5.56 Å². The minimum absolute atomic E-state index is 0.218. The summed E-state index contributed by atoms with van der Waals surface area (Å²) >= 11 is 0. The molecule has 1 atom stereocenters. The van der Waals surface area contributed by atoms with Gasteiger partial charge in [-0.3, -0.25) is 13.9 Å². The summed E-state index contributed by atoms with van der Waals surface area (Å²) in [5.41, 5.74) is 0.796. The largest absolute Gasteiger partial charge is 0.390 e. The summed E-state index contributed by atoms with van der Waals surface area (Å²) in [6.07, 6.45) is 4.53. The number of hydrogen-bond acceptors (Lipinski definition) is 5. The zero-order valence-electron chi connectivity index (χ0n) is 20.5. The van der Waals surface area contributed by atoms with Gasteiger partial charge >= 0.3 is 5.69 Å². The van der Waals surface area contributed by atoms with Crippen molar-refractivity contribution in [3.8, 4) is 0 Å². The fraction of sp³-hybridized carbons (Fsp3) is 0.560. The molecule has 1 unspecified atom stereocenters. The van der Waals surface area contributed by atoms with E-state index in [9.17, 15) is 14.7 Å². The molecule has 1 aromatic carbocycles. The Kier molecular flexibility index (Phi) is 7.92. The van der Waals surface area contributed by atoms with Gasteiger partial charge in [0.15, 0.2) is 11.2 Å². The molecule has 2 aromatic heterocycles. The van der Waals surface area contributed by atoms with E-state index in [4.69, 9.17) is 0 Å². The third-order valence-corrected chi connectivity index (χ3v) is 6.75. The zero-order valence-corrected chi connectivity index (χ0v) is 20.5. The first-order valence-electron chi connectivity index (χ1n) is 11.7. The zero-order chi connectivity index (χ0) is 24.2. The highest BCUT2D eigenvalue weighted by Gasteiger charge is 2.22. The van der Waals surface area contributed by atoms with Gasteiger partial charge in [0.1, 0.15) is 0 Å². The molecule has 1 N–H and O–H groups in total. The van der Waals surface area contributed by atoms with E-state index in [1.54, 1.807) is 13.4 Å². The molecule has 0 spiro atoms. The van der Waals surface area contributed by atoms with Gasteiger partial charge in [-0.15, -0.1) is 0 Å². The maximum Gasteiger partial charge on any atom is 0.332 e. The fourth-order valence-electron chi connectivity index (χ4n) is 4.06. The Bertz CT molecular complexity index is 1170. The second-order valence-electron chi connectivity index (χ2n) is 9.59. The highest BCUT2D eigenvalue weighted by Crippen LogP contribution is 2.21. The Morgan fingerprint density at radius 1 is 1.06 bits per heavy atom. The van der Waals surface area contributed by atoms with Crippen LogP contribution in [0.1, 0.15) is 39.2 Å². The smallest absolute Gasteiger partial charge is 0.332 e. The number of rotatable bonds is 11. The topological polar surface area (TPSA) is 85.3 Å². The highest BCUT2D eigenvalue weighted by atomic mass is 16.3. The molecular weight excluding hydrogens is 418 g/mol. The number of aliphatic hydroxyl groups is 1. The van der Waals surface area contributed by atoms with Crippen LogP contribution in [0.2, 0.25) is 0 Å². The molecule has 2 heterocycles. The van der Waals surface area contributed by atoms with Crippen molar-refractivity contribution in [2.75, 3.05) is 19.6 Å². The van der Waals surface area contributed by atoms with Crippen LogP contribution in [0, 0.1) is 5.92 Å². The summed E-state index contributed by atoms with van der Waals surface area (Å²) in [6, 6.07) is 10.4. The van der Waals surface area contributed by atoms with Gasteiger partial charge in [-0.1, -0.05) is 37.3 Å². The Morgan fingerprint density at radius 2 is 1.76 bits per heavy atom. The lowest BCUT2D eigenvalue weighted by molar-refractivity contribution is 0.0195. The van der Waals surface area contributed by atoms with Gasteiger partial charge in [0.2, 0.25) is 0 Å². The van der Waals surface area contributed by atoms with Crippen LogP contribution in [0.15, 0.2) is 46.2 Å². The third kappa shape index (κ3) is 6.00. The number of aryl methyl sites for hydroxylation is 1. The maximum atomic E-state index is 12.7. The summed E-state index contributed by atoms with van der Waals surface area (Å²) in [5.74, 6) is 0.218. The van der Waals surface area contributed by atoms with Gasteiger partial charge in [-0.05, 0) is 51.1 Å². The van der Waals surface area contributed by atoms with Gasteiger partial charge < -0.3 is 14.6 Å². The van der Waals surface area contributed by atoms with Crippen molar-refractivity contribution in [3.05, 3.63) is 63.1 Å².